The van der Waals surface area contributed by atoms with Crippen molar-refractivity contribution >= 4 is 5.97 Å². The Kier molecular flexibility index (Phi) is 21.4. The molecule has 53 heavy (non-hydrogen) atoms. The van der Waals surface area contributed by atoms with Crippen LogP contribution in [0.1, 0.15) is 110 Å². The second kappa shape index (κ2) is 24.5. The molecular weight excluding hydrogens is 704 g/mol. The van der Waals surface area contributed by atoms with Crippen molar-refractivity contribution in [1.82, 2.24) is 0 Å². The van der Waals surface area contributed by atoms with Gasteiger partial charge >= 0.3 is 5.97 Å². The first-order valence-corrected chi connectivity index (χ1v) is 19.5. The number of carbonyl (C=O) groups excluding carboxylic acids is 1. The number of ether oxygens (including phenoxy) is 6. The molecule has 0 bridgehead atoms. The van der Waals surface area contributed by atoms with Crippen LogP contribution < -0.4 is 0 Å². The van der Waals surface area contributed by atoms with E-state index in [2.05, 4.69) is 6.92 Å². The van der Waals surface area contributed by atoms with E-state index in [1.54, 1.807) is 0 Å². The van der Waals surface area contributed by atoms with E-state index in [9.17, 15) is 55.9 Å². The van der Waals surface area contributed by atoms with Gasteiger partial charge in [-0.3, -0.25) is 4.79 Å². The van der Waals surface area contributed by atoms with Gasteiger partial charge in [-0.15, -0.1) is 0 Å². The molecule has 0 aromatic heterocycles. The summed E-state index contributed by atoms with van der Waals surface area (Å²) in [5.41, 5.74) is 0. The van der Waals surface area contributed by atoms with Gasteiger partial charge in [0.25, 0.3) is 0 Å². The first-order valence-electron chi connectivity index (χ1n) is 19.5. The van der Waals surface area contributed by atoms with Gasteiger partial charge in [-0.1, -0.05) is 96.8 Å². The summed E-state index contributed by atoms with van der Waals surface area (Å²) in [6.07, 6.45) is -7.55. The first kappa shape index (κ1) is 46.3. The third-order valence-electron chi connectivity index (χ3n) is 10.3. The van der Waals surface area contributed by atoms with Gasteiger partial charge in [0.2, 0.25) is 0 Å². The Balaban J connectivity index is 1.39. The van der Waals surface area contributed by atoms with Gasteiger partial charge < -0.3 is 79.5 Å². The van der Waals surface area contributed by atoms with Crippen LogP contribution in [0, 0.1) is 0 Å². The van der Waals surface area contributed by atoms with Gasteiger partial charge in [0, 0.05) is 6.42 Å². The standard InChI is InChI=1S/C36H66O17/c1-2-3-4-5-6-7-8-9-10-11-12-13-14-15-16-17-24(39)48-20-23-25(40)26(41)30(45)35(51-23)53-33-22(19-38)50-36(31(46)28(33)43)52-32-21(18-37)49-34(47)29(44)27(32)42/h21-23,25-38,40-47H,2-20H2,1H3/t21-,22-,23-,25-,26+,27-,28-,29-,30-,31-,32-,33-,34?,35-,36-/m1/s1. The second-order valence-electron chi connectivity index (χ2n) is 14.5. The van der Waals surface area contributed by atoms with Crippen molar-refractivity contribution in [2.24, 2.45) is 0 Å². The topological polar surface area (TPSA) is 275 Å². The molecule has 3 rings (SSSR count). The summed E-state index contributed by atoms with van der Waals surface area (Å²) >= 11 is 0. The molecular formula is C36H66O17. The Bertz CT molecular complexity index is 990. The smallest absolute Gasteiger partial charge is 0.305 e. The van der Waals surface area contributed by atoms with Crippen LogP contribution in [0.3, 0.4) is 0 Å². The SMILES string of the molecule is CCCCCCCCCCCCCCCCCC(=O)OC[C@H]1O[C@H](O[C@H]2[C@H](O)[C@@H](O)[C@@H](O[C@H]3[C@H](O)[C@@H](O)C(O)O[C@@H]3CO)O[C@@H]2CO)[C@H](O)[C@@H](O)[C@@H]1O. The average molecular weight is 771 g/mol. The van der Waals surface area contributed by atoms with Crippen molar-refractivity contribution in [3.8, 4) is 0 Å². The average Bonchev–Trinajstić information content (AvgIpc) is 3.15. The van der Waals surface area contributed by atoms with Crippen molar-refractivity contribution in [3.05, 3.63) is 0 Å². The summed E-state index contributed by atoms with van der Waals surface area (Å²) in [5.74, 6) is -0.530. The number of esters is 1. The van der Waals surface area contributed by atoms with Crippen LogP contribution >= 0.6 is 0 Å². The highest BCUT2D eigenvalue weighted by molar-refractivity contribution is 5.69. The van der Waals surface area contributed by atoms with Crippen LogP contribution in [-0.4, -0.2) is 169 Å². The number of hydrogen-bond acceptors (Lipinski definition) is 17. The van der Waals surface area contributed by atoms with E-state index in [0.717, 1.165) is 19.3 Å². The van der Waals surface area contributed by atoms with E-state index in [1.165, 1.54) is 70.6 Å². The third kappa shape index (κ3) is 14.1. The molecule has 3 fully saturated rings. The fourth-order valence-corrected chi connectivity index (χ4v) is 6.93. The van der Waals surface area contributed by atoms with Crippen molar-refractivity contribution in [1.29, 1.82) is 0 Å². The lowest BCUT2D eigenvalue weighted by Gasteiger charge is -2.47. The lowest BCUT2D eigenvalue weighted by Crippen LogP contribution is -2.66. The normalized spacial score (nSPS) is 37.8. The molecule has 0 radical (unpaired) electrons. The van der Waals surface area contributed by atoms with E-state index in [4.69, 9.17) is 28.4 Å². The van der Waals surface area contributed by atoms with Crippen LogP contribution in [0.5, 0.6) is 0 Å². The summed E-state index contributed by atoms with van der Waals surface area (Å²) in [5, 5.41) is 103. The molecule has 312 valence electrons. The zero-order valence-electron chi connectivity index (χ0n) is 30.9. The minimum absolute atomic E-state index is 0.152. The first-order chi connectivity index (χ1) is 25.4. The molecule has 3 aliphatic heterocycles. The number of aliphatic hydroxyl groups excluding tert-OH is 10. The van der Waals surface area contributed by atoms with Crippen LogP contribution in [0.4, 0.5) is 0 Å². The lowest BCUT2D eigenvalue weighted by atomic mass is 9.96. The van der Waals surface area contributed by atoms with Crippen LogP contribution in [0.25, 0.3) is 0 Å². The molecule has 0 aromatic carbocycles. The zero-order chi connectivity index (χ0) is 38.9. The van der Waals surface area contributed by atoms with E-state index < -0.39 is 118 Å². The Morgan fingerprint density at radius 3 is 1.40 bits per heavy atom. The highest BCUT2D eigenvalue weighted by atomic mass is 16.8. The number of aliphatic hydroxyl groups is 10. The van der Waals surface area contributed by atoms with Gasteiger partial charge in [-0.25, -0.2) is 0 Å². The summed E-state index contributed by atoms with van der Waals surface area (Å²) in [7, 11) is 0. The number of carbonyl (C=O) groups is 1. The Morgan fingerprint density at radius 2 is 0.906 bits per heavy atom. The molecule has 0 aromatic rings. The predicted octanol–water partition coefficient (Wildman–Crippen LogP) is -0.761. The number of hydrogen-bond donors (Lipinski definition) is 10. The molecule has 3 saturated heterocycles. The third-order valence-corrected chi connectivity index (χ3v) is 10.3. The van der Waals surface area contributed by atoms with Gasteiger partial charge in [0.1, 0.15) is 79.9 Å². The van der Waals surface area contributed by atoms with E-state index in [1.807, 2.05) is 0 Å². The van der Waals surface area contributed by atoms with Crippen molar-refractivity contribution in [3.63, 3.8) is 0 Å². The molecule has 10 N–H and O–H groups in total. The fourth-order valence-electron chi connectivity index (χ4n) is 6.93. The molecule has 17 nitrogen and oxygen atoms in total. The van der Waals surface area contributed by atoms with E-state index in [-0.39, 0.29) is 6.42 Å². The Morgan fingerprint density at radius 1 is 0.491 bits per heavy atom. The number of rotatable bonds is 24. The minimum Gasteiger partial charge on any atom is -0.463 e. The lowest BCUT2D eigenvalue weighted by molar-refractivity contribution is -0.377. The van der Waals surface area contributed by atoms with Crippen molar-refractivity contribution in [2.45, 2.75) is 202 Å². The van der Waals surface area contributed by atoms with Crippen molar-refractivity contribution < 1.29 is 84.3 Å². The molecule has 0 amide bonds. The number of unbranched alkanes of at least 4 members (excludes halogenated alkanes) is 14. The second-order valence-corrected chi connectivity index (χ2v) is 14.5. The summed E-state index contributed by atoms with van der Waals surface area (Å²) < 4.78 is 32.6. The van der Waals surface area contributed by atoms with E-state index in [0.29, 0.717) is 6.42 Å². The Labute approximate surface area is 311 Å². The molecule has 0 aliphatic carbocycles. The van der Waals surface area contributed by atoms with Crippen LogP contribution in [0.2, 0.25) is 0 Å². The maximum Gasteiger partial charge on any atom is 0.305 e. The Hall–Kier alpha value is -1.13. The predicted molar refractivity (Wildman–Crippen MR) is 185 cm³/mol. The molecule has 0 spiro atoms. The summed E-state index contributed by atoms with van der Waals surface area (Å²) in [4.78, 5) is 12.4. The molecule has 1 unspecified atom stereocenters. The van der Waals surface area contributed by atoms with Crippen molar-refractivity contribution in [2.75, 3.05) is 19.8 Å². The van der Waals surface area contributed by atoms with Crippen LogP contribution in [-0.2, 0) is 33.2 Å². The maximum atomic E-state index is 12.4. The van der Waals surface area contributed by atoms with Gasteiger partial charge in [0.05, 0.1) is 13.2 Å². The minimum atomic E-state index is -1.94. The molecule has 0 saturated carbocycles. The van der Waals surface area contributed by atoms with Crippen LogP contribution in [0.15, 0.2) is 0 Å². The highest BCUT2D eigenvalue weighted by Crippen LogP contribution is 2.32. The molecule has 3 heterocycles. The maximum absolute atomic E-state index is 12.4. The highest BCUT2D eigenvalue weighted by Gasteiger charge is 2.53. The summed E-state index contributed by atoms with van der Waals surface area (Å²) in [6.45, 7) is 0.145. The van der Waals surface area contributed by atoms with Gasteiger partial charge in [0.15, 0.2) is 18.9 Å². The monoisotopic (exact) mass is 770 g/mol. The van der Waals surface area contributed by atoms with E-state index >= 15 is 0 Å². The zero-order valence-corrected chi connectivity index (χ0v) is 30.9. The quantitative estimate of drug-likeness (QED) is 0.0427. The fraction of sp³-hybridized carbons (Fsp3) is 0.972. The summed E-state index contributed by atoms with van der Waals surface area (Å²) in [6, 6.07) is 0. The molecule has 17 heteroatoms. The van der Waals surface area contributed by atoms with Gasteiger partial charge in [-0.05, 0) is 6.42 Å². The molecule has 3 aliphatic rings. The molecule has 15 atom stereocenters. The van der Waals surface area contributed by atoms with Gasteiger partial charge in [-0.2, -0.15) is 0 Å². The largest absolute Gasteiger partial charge is 0.463 e.